The van der Waals surface area contributed by atoms with Crippen LogP contribution in [0, 0.1) is 5.92 Å². The van der Waals surface area contributed by atoms with E-state index in [1.807, 2.05) is 36.4 Å². The van der Waals surface area contributed by atoms with Gasteiger partial charge in [-0.1, -0.05) is 36.4 Å². The van der Waals surface area contributed by atoms with Crippen molar-refractivity contribution in [3.63, 3.8) is 0 Å². The highest BCUT2D eigenvalue weighted by Gasteiger charge is 2.36. The van der Waals surface area contributed by atoms with Gasteiger partial charge in [0.2, 0.25) is 5.91 Å². The molecule has 0 fully saturated rings. The number of nitrogens with two attached hydrogens (primary N) is 1. The van der Waals surface area contributed by atoms with E-state index in [4.69, 9.17) is 10.5 Å². The van der Waals surface area contributed by atoms with Gasteiger partial charge < -0.3 is 10.5 Å². The smallest absolute Gasteiger partial charge is 0.221 e. The van der Waals surface area contributed by atoms with Crippen LogP contribution in [0.5, 0.6) is 5.75 Å². The fourth-order valence-electron chi connectivity index (χ4n) is 3.08. The van der Waals surface area contributed by atoms with Gasteiger partial charge in [0, 0.05) is 5.92 Å². The third-order valence-corrected chi connectivity index (χ3v) is 4.07. The highest BCUT2D eigenvalue weighted by atomic mass is 16.5. The Morgan fingerprint density at radius 1 is 1.15 bits per heavy atom. The van der Waals surface area contributed by atoms with Gasteiger partial charge in [-0.2, -0.15) is 0 Å². The fourth-order valence-corrected chi connectivity index (χ4v) is 3.08. The molecule has 1 aliphatic carbocycles. The summed E-state index contributed by atoms with van der Waals surface area (Å²) in [5, 5.41) is 0. The summed E-state index contributed by atoms with van der Waals surface area (Å²) in [5.41, 5.74) is 9.14. The monoisotopic (exact) mass is 267 g/mol. The molecule has 0 bridgehead atoms. The minimum Gasteiger partial charge on any atom is -0.497 e. The molecule has 1 aliphatic rings. The summed E-state index contributed by atoms with van der Waals surface area (Å²) in [6.45, 7) is 0. The normalized spacial score (nSPS) is 20.4. The Labute approximate surface area is 118 Å². The van der Waals surface area contributed by atoms with Crippen LogP contribution in [0.15, 0.2) is 48.5 Å². The first-order valence-electron chi connectivity index (χ1n) is 6.72. The largest absolute Gasteiger partial charge is 0.497 e. The van der Waals surface area contributed by atoms with E-state index >= 15 is 0 Å². The van der Waals surface area contributed by atoms with Gasteiger partial charge in [0.05, 0.1) is 13.0 Å². The summed E-state index contributed by atoms with van der Waals surface area (Å²) in [5.74, 6) is 0.466. The summed E-state index contributed by atoms with van der Waals surface area (Å²) in [6, 6.07) is 16.1. The van der Waals surface area contributed by atoms with Crippen molar-refractivity contribution in [2.24, 2.45) is 11.7 Å². The molecule has 2 unspecified atom stereocenters. The van der Waals surface area contributed by atoms with Crippen molar-refractivity contribution >= 4 is 5.91 Å². The van der Waals surface area contributed by atoms with Crippen LogP contribution in [0.4, 0.5) is 0 Å². The second-order valence-electron chi connectivity index (χ2n) is 5.16. The number of carbonyl (C=O) groups excluding carboxylic acids is 1. The quantitative estimate of drug-likeness (QED) is 0.928. The molecule has 3 nitrogen and oxygen atoms in total. The van der Waals surface area contributed by atoms with E-state index in [9.17, 15) is 4.79 Å². The average Bonchev–Trinajstić information content (AvgIpc) is 2.87. The van der Waals surface area contributed by atoms with Crippen molar-refractivity contribution in [3.05, 3.63) is 65.2 Å². The number of hydrogen-bond donors (Lipinski definition) is 1. The maximum absolute atomic E-state index is 11.8. The Balaban J connectivity index is 2.05. The maximum Gasteiger partial charge on any atom is 0.221 e. The second-order valence-corrected chi connectivity index (χ2v) is 5.16. The van der Waals surface area contributed by atoms with Crippen LogP contribution in [0.2, 0.25) is 0 Å². The zero-order chi connectivity index (χ0) is 14.1. The number of hydrogen-bond acceptors (Lipinski definition) is 2. The standard InChI is InChI=1S/C17H17NO2/c1-20-13-8-6-11(7-9-13)16-14-5-3-2-4-12(14)10-15(16)17(18)19/h2-9,15-16H,10H2,1H3,(H2,18,19). The van der Waals surface area contributed by atoms with Crippen LogP contribution in [-0.2, 0) is 11.2 Å². The van der Waals surface area contributed by atoms with Gasteiger partial charge in [-0.3, -0.25) is 4.79 Å². The molecule has 2 aromatic rings. The zero-order valence-corrected chi connectivity index (χ0v) is 11.4. The SMILES string of the molecule is COc1ccc(C2c3ccccc3CC2C(N)=O)cc1. The van der Waals surface area contributed by atoms with Gasteiger partial charge in [0.1, 0.15) is 5.75 Å². The minimum absolute atomic E-state index is 0.0506. The van der Waals surface area contributed by atoms with E-state index in [0.717, 1.165) is 17.7 Å². The maximum atomic E-state index is 11.8. The number of carbonyl (C=O) groups is 1. The van der Waals surface area contributed by atoms with Crippen molar-refractivity contribution in [1.29, 1.82) is 0 Å². The first-order valence-corrected chi connectivity index (χ1v) is 6.72. The van der Waals surface area contributed by atoms with Crippen molar-refractivity contribution in [1.82, 2.24) is 0 Å². The Kier molecular flexibility index (Phi) is 3.18. The van der Waals surface area contributed by atoms with Crippen molar-refractivity contribution < 1.29 is 9.53 Å². The lowest BCUT2D eigenvalue weighted by atomic mass is 9.85. The molecule has 102 valence electrons. The minimum atomic E-state index is -0.234. The summed E-state index contributed by atoms with van der Waals surface area (Å²) in [4.78, 5) is 11.8. The molecular formula is C17H17NO2. The molecule has 2 atom stereocenters. The van der Waals surface area contributed by atoms with Gasteiger partial charge in [-0.05, 0) is 35.2 Å². The first kappa shape index (κ1) is 12.7. The molecule has 2 aromatic carbocycles. The number of fused-ring (bicyclic) bond motifs is 1. The predicted octanol–water partition coefficient (Wildman–Crippen LogP) is 2.48. The predicted molar refractivity (Wildman–Crippen MR) is 77.7 cm³/mol. The number of methoxy groups -OCH3 is 1. The van der Waals surface area contributed by atoms with E-state index in [2.05, 4.69) is 12.1 Å². The number of ether oxygens (including phenoxy) is 1. The fraction of sp³-hybridized carbons (Fsp3) is 0.235. The topological polar surface area (TPSA) is 52.3 Å². The molecule has 0 heterocycles. The Morgan fingerprint density at radius 2 is 1.85 bits per heavy atom. The zero-order valence-electron chi connectivity index (χ0n) is 11.4. The summed E-state index contributed by atoms with van der Waals surface area (Å²) < 4.78 is 5.18. The Hall–Kier alpha value is -2.29. The van der Waals surface area contributed by atoms with Crippen LogP contribution in [-0.4, -0.2) is 13.0 Å². The molecule has 3 heteroatoms. The number of benzene rings is 2. The number of rotatable bonds is 3. The van der Waals surface area contributed by atoms with E-state index < -0.39 is 0 Å². The Bertz CT molecular complexity index is 634. The van der Waals surface area contributed by atoms with Gasteiger partial charge in [-0.25, -0.2) is 0 Å². The van der Waals surface area contributed by atoms with Crippen LogP contribution in [0.3, 0.4) is 0 Å². The van der Waals surface area contributed by atoms with Gasteiger partial charge in [0.15, 0.2) is 0 Å². The van der Waals surface area contributed by atoms with Crippen LogP contribution >= 0.6 is 0 Å². The lowest BCUT2D eigenvalue weighted by Gasteiger charge is -2.18. The molecule has 0 saturated heterocycles. The van der Waals surface area contributed by atoms with Gasteiger partial charge in [-0.15, -0.1) is 0 Å². The van der Waals surface area contributed by atoms with Crippen molar-refractivity contribution in [2.45, 2.75) is 12.3 Å². The van der Waals surface area contributed by atoms with E-state index in [1.54, 1.807) is 7.11 Å². The molecule has 0 aliphatic heterocycles. The summed E-state index contributed by atoms with van der Waals surface area (Å²) >= 11 is 0. The number of primary amides is 1. The van der Waals surface area contributed by atoms with E-state index in [1.165, 1.54) is 11.1 Å². The van der Waals surface area contributed by atoms with E-state index in [0.29, 0.717) is 0 Å². The average molecular weight is 267 g/mol. The molecule has 0 saturated carbocycles. The lowest BCUT2D eigenvalue weighted by molar-refractivity contribution is -0.121. The molecule has 0 radical (unpaired) electrons. The first-order chi connectivity index (χ1) is 9.70. The highest BCUT2D eigenvalue weighted by molar-refractivity contribution is 5.80. The summed E-state index contributed by atoms with van der Waals surface area (Å²) in [6.07, 6.45) is 0.724. The Morgan fingerprint density at radius 3 is 2.50 bits per heavy atom. The molecule has 20 heavy (non-hydrogen) atoms. The molecule has 1 amide bonds. The van der Waals surface area contributed by atoms with Crippen molar-refractivity contribution in [2.75, 3.05) is 7.11 Å². The second kappa shape index (κ2) is 5.00. The van der Waals surface area contributed by atoms with Crippen LogP contribution in [0.1, 0.15) is 22.6 Å². The van der Waals surface area contributed by atoms with Crippen LogP contribution < -0.4 is 10.5 Å². The third kappa shape index (κ3) is 2.05. The van der Waals surface area contributed by atoms with Gasteiger partial charge >= 0.3 is 0 Å². The molecule has 0 spiro atoms. The molecular weight excluding hydrogens is 250 g/mol. The third-order valence-electron chi connectivity index (χ3n) is 4.07. The number of amides is 1. The molecule has 2 N–H and O–H groups in total. The van der Waals surface area contributed by atoms with Crippen molar-refractivity contribution in [3.8, 4) is 5.75 Å². The molecule has 3 rings (SSSR count). The highest BCUT2D eigenvalue weighted by Crippen LogP contribution is 2.42. The van der Waals surface area contributed by atoms with Crippen LogP contribution in [0.25, 0.3) is 0 Å². The molecule has 0 aromatic heterocycles. The lowest BCUT2D eigenvalue weighted by Crippen LogP contribution is -2.27. The van der Waals surface area contributed by atoms with E-state index in [-0.39, 0.29) is 17.7 Å². The summed E-state index contributed by atoms with van der Waals surface area (Å²) in [7, 11) is 1.64. The van der Waals surface area contributed by atoms with Gasteiger partial charge in [0.25, 0.3) is 0 Å².